The Morgan fingerprint density at radius 3 is 2.75 bits per heavy atom. The summed E-state index contributed by atoms with van der Waals surface area (Å²) in [6, 6.07) is 15.6. The smallest absolute Gasteiger partial charge is 0.0993 e. The molecule has 2 nitrogen and oxygen atoms in total. The van der Waals surface area contributed by atoms with E-state index in [1.54, 1.807) is 0 Å². The summed E-state index contributed by atoms with van der Waals surface area (Å²) >= 11 is 1.90. The molecule has 4 rings (SSSR count). The van der Waals surface area contributed by atoms with Crippen molar-refractivity contribution in [2.75, 3.05) is 13.6 Å². The van der Waals surface area contributed by atoms with Crippen molar-refractivity contribution in [2.45, 2.75) is 38.6 Å². The molecule has 2 heterocycles. The number of hydrogen-bond acceptors (Lipinski definition) is 2. The maximum Gasteiger partial charge on any atom is 0.0993 e. The van der Waals surface area contributed by atoms with E-state index in [1.165, 1.54) is 50.8 Å². The number of hydrogen-bond donors (Lipinski definition) is 0. The molecule has 1 unspecified atom stereocenters. The molecule has 124 valence electrons. The van der Waals surface area contributed by atoms with Crippen LogP contribution < -0.4 is 0 Å². The van der Waals surface area contributed by atoms with Gasteiger partial charge in [0.1, 0.15) is 0 Å². The standard InChI is InChI=1S/C21H24N2S/c1-15(22-20-13-4-3-7-14-23(20)2)16-10-8-11-18-17-9-5-6-12-19(17)24-21(16)18/h5-6,8-12,15H,3-4,7,13-14H2,1-2H3. The predicted octanol–water partition coefficient (Wildman–Crippen LogP) is 6.02. The Kier molecular flexibility index (Phi) is 4.28. The first-order valence-electron chi connectivity index (χ1n) is 8.92. The van der Waals surface area contributed by atoms with E-state index < -0.39 is 0 Å². The van der Waals surface area contributed by atoms with Crippen LogP contribution in [0.25, 0.3) is 20.2 Å². The van der Waals surface area contributed by atoms with Crippen LogP contribution in [0, 0.1) is 0 Å². The van der Waals surface area contributed by atoms with Gasteiger partial charge in [0, 0.05) is 40.2 Å². The highest BCUT2D eigenvalue weighted by Crippen LogP contribution is 2.38. The Hall–Kier alpha value is -1.87. The Balaban J connectivity index is 1.78. The van der Waals surface area contributed by atoms with Gasteiger partial charge in [-0.25, -0.2) is 0 Å². The van der Waals surface area contributed by atoms with Gasteiger partial charge in [-0.1, -0.05) is 42.8 Å². The Morgan fingerprint density at radius 2 is 1.83 bits per heavy atom. The van der Waals surface area contributed by atoms with E-state index in [4.69, 9.17) is 4.99 Å². The molecule has 3 heteroatoms. The summed E-state index contributed by atoms with van der Waals surface area (Å²) in [5.41, 5.74) is 1.36. The molecule has 0 bridgehead atoms. The lowest BCUT2D eigenvalue weighted by molar-refractivity contribution is 0.490. The summed E-state index contributed by atoms with van der Waals surface area (Å²) in [5.74, 6) is 1.28. The molecule has 1 aliphatic heterocycles. The first-order chi connectivity index (χ1) is 11.7. The van der Waals surface area contributed by atoms with Gasteiger partial charge in [0.25, 0.3) is 0 Å². The monoisotopic (exact) mass is 336 g/mol. The second kappa shape index (κ2) is 6.56. The van der Waals surface area contributed by atoms with E-state index in [2.05, 4.69) is 61.3 Å². The van der Waals surface area contributed by atoms with Crippen LogP contribution in [0.2, 0.25) is 0 Å². The average Bonchev–Trinajstić information content (AvgIpc) is 2.87. The Morgan fingerprint density at radius 1 is 1.00 bits per heavy atom. The molecule has 1 atom stereocenters. The minimum Gasteiger partial charge on any atom is -0.363 e. The largest absolute Gasteiger partial charge is 0.363 e. The van der Waals surface area contributed by atoms with E-state index in [-0.39, 0.29) is 6.04 Å². The number of likely N-dealkylation sites (tertiary alicyclic amines) is 1. The lowest BCUT2D eigenvalue weighted by atomic mass is 10.0. The second-order valence-electron chi connectivity index (χ2n) is 6.78. The third-order valence-corrected chi connectivity index (χ3v) is 6.30. The highest BCUT2D eigenvalue weighted by molar-refractivity contribution is 7.26. The lowest BCUT2D eigenvalue weighted by Crippen LogP contribution is -2.26. The maximum absolute atomic E-state index is 5.12. The van der Waals surface area contributed by atoms with Gasteiger partial charge < -0.3 is 4.90 Å². The van der Waals surface area contributed by atoms with Crippen molar-refractivity contribution in [1.29, 1.82) is 0 Å². The molecule has 0 saturated carbocycles. The normalized spacial score (nSPS) is 19.1. The number of fused-ring (bicyclic) bond motifs is 3. The van der Waals surface area contributed by atoms with Gasteiger partial charge in [0.2, 0.25) is 0 Å². The summed E-state index contributed by atoms with van der Waals surface area (Å²) in [5, 5.41) is 2.74. The van der Waals surface area contributed by atoms with Crippen LogP contribution in [-0.2, 0) is 0 Å². The molecule has 1 saturated heterocycles. The summed E-state index contributed by atoms with van der Waals surface area (Å²) in [6.45, 7) is 3.38. The third-order valence-electron chi connectivity index (χ3n) is 5.06. The summed E-state index contributed by atoms with van der Waals surface area (Å²) in [7, 11) is 2.19. The van der Waals surface area contributed by atoms with Gasteiger partial charge in [0.05, 0.1) is 11.9 Å². The van der Waals surface area contributed by atoms with Crippen LogP contribution in [0.1, 0.15) is 44.2 Å². The number of rotatable bonds is 2. The van der Waals surface area contributed by atoms with Gasteiger partial charge in [0.15, 0.2) is 0 Å². The van der Waals surface area contributed by atoms with Crippen LogP contribution in [-0.4, -0.2) is 24.3 Å². The van der Waals surface area contributed by atoms with Crippen molar-refractivity contribution in [3.05, 3.63) is 48.0 Å². The highest BCUT2D eigenvalue weighted by atomic mass is 32.1. The molecule has 0 aliphatic carbocycles. The van der Waals surface area contributed by atoms with E-state index in [1.807, 2.05) is 11.3 Å². The van der Waals surface area contributed by atoms with Crippen LogP contribution in [0.15, 0.2) is 47.5 Å². The zero-order chi connectivity index (χ0) is 16.5. The van der Waals surface area contributed by atoms with Gasteiger partial charge in [-0.2, -0.15) is 0 Å². The Labute approximate surface area is 147 Å². The molecule has 1 fully saturated rings. The van der Waals surface area contributed by atoms with E-state index in [9.17, 15) is 0 Å². The fourth-order valence-corrected chi connectivity index (χ4v) is 4.98. The molecule has 0 spiro atoms. The predicted molar refractivity (Wildman–Crippen MR) is 106 cm³/mol. The van der Waals surface area contributed by atoms with Gasteiger partial charge >= 0.3 is 0 Å². The second-order valence-corrected chi connectivity index (χ2v) is 7.83. The van der Waals surface area contributed by atoms with Crippen molar-refractivity contribution >= 4 is 37.3 Å². The van der Waals surface area contributed by atoms with Crippen LogP contribution >= 0.6 is 11.3 Å². The van der Waals surface area contributed by atoms with Crippen molar-refractivity contribution in [3.63, 3.8) is 0 Å². The molecule has 0 radical (unpaired) electrons. The quantitative estimate of drug-likeness (QED) is 0.558. The molecule has 1 aromatic heterocycles. The van der Waals surface area contributed by atoms with Gasteiger partial charge in [-0.3, -0.25) is 4.99 Å². The van der Waals surface area contributed by atoms with Gasteiger partial charge in [-0.05, 0) is 31.4 Å². The SMILES string of the molecule is CC(N=C1CCCCCN1C)c1cccc2c1sc1ccccc12. The number of aliphatic imine (C=N–C) groups is 1. The summed E-state index contributed by atoms with van der Waals surface area (Å²) in [6.07, 6.45) is 4.99. The highest BCUT2D eigenvalue weighted by Gasteiger charge is 2.16. The zero-order valence-electron chi connectivity index (χ0n) is 14.5. The Bertz CT molecular complexity index is 893. The molecule has 24 heavy (non-hydrogen) atoms. The average molecular weight is 337 g/mol. The number of thiophene rings is 1. The van der Waals surface area contributed by atoms with E-state index in [0.29, 0.717) is 0 Å². The number of nitrogens with zero attached hydrogens (tertiary/aromatic N) is 2. The molecule has 0 N–H and O–H groups in total. The van der Waals surface area contributed by atoms with Crippen molar-refractivity contribution in [2.24, 2.45) is 4.99 Å². The lowest BCUT2D eigenvalue weighted by Gasteiger charge is -2.20. The van der Waals surface area contributed by atoms with Crippen molar-refractivity contribution in [3.8, 4) is 0 Å². The third kappa shape index (κ3) is 2.82. The van der Waals surface area contributed by atoms with Gasteiger partial charge in [-0.15, -0.1) is 11.3 Å². The van der Waals surface area contributed by atoms with Crippen LogP contribution in [0.5, 0.6) is 0 Å². The number of benzene rings is 2. The van der Waals surface area contributed by atoms with Crippen LogP contribution in [0.3, 0.4) is 0 Å². The minimum atomic E-state index is 0.206. The molecule has 2 aromatic carbocycles. The van der Waals surface area contributed by atoms with Crippen molar-refractivity contribution < 1.29 is 0 Å². The van der Waals surface area contributed by atoms with E-state index in [0.717, 1.165) is 13.0 Å². The van der Waals surface area contributed by atoms with Crippen LogP contribution in [0.4, 0.5) is 0 Å². The zero-order valence-corrected chi connectivity index (χ0v) is 15.3. The summed E-state index contributed by atoms with van der Waals surface area (Å²) in [4.78, 5) is 7.47. The van der Waals surface area contributed by atoms with Crippen molar-refractivity contribution in [1.82, 2.24) is 4.90 Å². The maximum atomic E-state index is 5.12. The summed E-state index contributed by atoms with van der Waals surface area (Å²) < 4.78 is 2.76. The first kappa shape index (κ1) is 15.6. The fourth-order valence-electron chi connectivity index (χ4n) is 3.68. The fraction of sp³-hybridized carbons (Fsp3) is 0.381. The topological polar surface area (TPSA) is 15.6 Å². The van der Waals surface area contributed by atoms with E-state index >= 15 is 0 Å². The minimum absolute atomic E-state index is 0.206. The molecule has 3 aromatic rings. The first-order valence-corrected chi connectivity index (χ1v) is 9.73. The molecule has 1 aliphatic rings. The molecular formula is C21H24N2S. The molecule has 0 amide bonds. The number of amidine groups is 1. The molecular weight excluding hydrogens is 312 g/mol.